The summed E-state index contributed by atoms with van der Waals surface area (Å²) in [5.74, 6) is 0. The fourth-order valence-electron chi connectivity index (χ4n) is 1.42. The van der Waals surface area contributed by atoms with E-state index in [2.05, 4.69) is 5.32 Å². The Kier molecular flexibility index (Phi) is 4.66. The number of anilines is 2. The smallest absolute Gasteiger partial charge is 0.385 e. The lowest BCUT2D eigenvalue weighted by Gasteiger charge is -2.14. The van der Waals surface area contributed by atoms with Gasteiger partial charge in [-0.1, -0.05) is 6.07 Å². The molecular formula is C12H17F3N2. The van der Waals surface area contributed by atoms with Crippen molar-refractivity contribution in [3.05, 3.63) is 24.3 Å². The van der Waals surface area contributed by atoms with Gasteiger partial charge < -0.3 is 10.2 Å². The number of nitrogens with zero attached hydrogens (tertiary/aromatic N) is 1. The average molecular weight is 246 g/mol. The fourth-order valence-corrected chi connectivity index (χ4v) is 1.42. The van der Waals surface area contributed by atoms with Gasteiger partial charge in [0.05, 0.1) is 0 Å². The highest BCUT2D eigenvalue weighted by Crippen LogP contribution is 2.22. The molecule has 0 aliphatic heterocycles. The van der Waals surface area contributed by atoms with Crippen molar-refractivity contribution in [1.82, 2.24) is 0 Å². The summed E-state index contributed by atoms with van der Waals surface area (Å²) in [4.78, 5) is 1.95. The summed E-state index contributed by atoms with van der Waals surface area (Å²) in [6.45, 7) is 0.330. The molecule has 0 aliphatic carbocycles. The monoisotopic (exact) mass is 246 g/mol. The molecule has 0 saturated heterocycles. The lowest BCUT2D eigenvalue weighted by Crippen LogP contribution is -2.12. The van der Waals surface area contributed by atoms with Crippen LogP contribution in [-0.4, -0.2) is 26.8 Å². The number of halogens is 3. The van der Waals surface area contributed by atoms with E-state index in [1.165, 1.54) is 0 Å². The van der Waals surface area contributed by atoms with E-state index in [-0.39, 0.29) is 6.42 Å². The fraction of sp³-hybridized carbons (Fsp3) is 0.500. The molecule has 0 bridgehead atoms. The number of rotatable bonds is 5. The van der Waals surface area contributed by atoms with Gasteiger partial charge in [-0.05, 0) is 24.6 Å². The highest BCUT2D eigenvalue weighted by Gasteiger charge is 2.25. The van der Waals surface area contributed by atoms with Gasteiger partial charge in [-0.2, -0.15) is 13.2 Å². The summed E-state index contributed by atoms with van der Waals surface area (Å²) in [6.07, 6.45) is -4.71. The van der Waals surface area contributed by atoms with Crippen molar-refractivity contribution >= 4 is 11.4 Å². The van der Waals surface area contributed by atoms with Crippen LogP contribution in [0, 0.1) is 0 Å². The van der Waals surface area contributed by atoms with Crippen LogP contribution >= 0.6 is 0 Å². The molecule has 1 aromatic carbocycles. The highest BCUT2D eigenvalue weighted by molar-refractivity contribution is 5.57. The molecular weight excluding hydrogens is 229 g/mol. The molecule has 17 heavy (non-hydrogen) atoms. The van der Waals surface area contributed by atoms with Crippen molar-refractivity contribution in [3.63, 3.8) is 0 Å². The van der Waals surface area contributed by atoms with Crippen molar-refractivity contribution < 1.29 is 13.2 Å². The molecule has 0 aromatic heterocycles. The van der Waals surface area contributed by atoms with E-state index in [4.69, 9.17) is 0 Å². The number of alkyl halides is 3. The molecule has 0 unspecified atom stereocenters. The zero-order valence-corrected chi connectivity index (χ0v) is 10.0. The predicted octanol–water partition coefficient (Wildman–Crippen LogP) is 3.51. The number of nitrogens with one attached hydrogen (secondary N) is 1. The summed E-state index contributed by atoms with van der Waals surface area (Å²) < 4.78 is 35.8. The van der Waals surface area contributed by atoms with E-state index in [0.29, 0.717) is 6.54 Å². The SMILES string of the molecule is CN(C)c1cccc(NCCCC(F)(F)F)c1. The second-order valence-corrected chi connectivity index (χ2v) is 4.09. The molecule has 2 nitrogen and oxygen atoms in total. The van der Waals surface area contributed by atoms with Crippen molar-refractivity contribution in [2.24, 2.45) is 0 Å². The van der Waals surface area contributed by atoms with Crippen LogP contribution in [0.4, 0.5) is 24.5 Å². The van der Waals surface area contributed by atoms with Crippen molar-refractivity contribution in [2.75, 3.05) is 30.9 Å². The minimum Gasteiger partial charge on any atom is -0.385 e. The Morgan fingerprint density at radius 1 is 1.24 bits per heavy atom. The van der Waals surface area contributed by atoms with Crippen LogP contribution in [0.15, 0.2) is 24.3 Å². The van der Waals surface area contributed by atoms with Gasteiger partial charge in [-0.15, -0.1) is 0 Å². The van der Waals surface area contributed by atoms with E-state index in [9.17, 15) is 13.2 Å². The van der Waals surface area contributed by atoms with Crippen LogP contribution < -0.4 is 10.2 Å². The van der Waals surface area contributed by atoms with Crippen LogP contribution in [0.2, 0.25) is 0 Å². The Morgan fingerprint density at radius 3 is 2.53 bits per heavy atom. The first kappa shape index (κ1) is 13.7. The topological polar surface area (TPSA) is 15.3 Å². The molecule has 0 saturated carbocycles. The predicted molar refractivity (Wildman–Crippen MR) is 64.5 cm³/mol. The number of benzene rings is 1. The summed E-state index contributed by atoms with van der Waals surface area (Å²) in [6, 6.07) is 7.58. The Hall–Kier alpha value is -1.39. The minimum absolute atomic E-state index is 0.0929. The molecule has 0 fully saturated rings. The van der Waals surface area contributed by atoms with E-state index < -0.39 is 12.6 Å². The standard InChI is InChI=1S/C12H17F3N2/c1-17(2)11-6-3-5-10(9-11)16-8-4-7-12(13,14)15/h3,5-6,9,16H,4,7-8H2,1-2H3. The van der Waals surface area contributed by atoms with Crippen LogP contribution in [0.5, 0.6) is 0 Å². The minimum atomic E-state index is -4.06. The molecule has 0 amide bonds. The van der Waals surface area contributed by atoms with Gasteiger partial charge in [0.2, 0.25) is 0 Å². The van der Waals surface area contributed by atoms with E-state index >= 15 is 0 Å². The molecule has 0 aliphatic rings. The Morgan fingerprint density at radius 2 is 1.94 bits per heavy atom. The molecule has 5 heteroatoms. The van der Waals surface area contributed by atoms with Gasteiger partial charge in [-0.25, -0.2) is 0 Å². The van der Waals surface area contributed by atoms with E-state index in [1.807, 2.05) is 43.3 Å². The first-order valence-electron chi connectivity index (χ1n) is 5.46. The number of hydrogen-bond acceptors (Lipinski definition) is 2. The average Bonchev–Trinajstić information content (AvgIpc) is 2.23. The first-order chi connectivity index (χ1) is 7.88. The van der Waals surface area contributed by atoms with Crippen LogP contribution in [0.1, 0.15) is 12.8 Å². The molecule has 0 radical (unpaired) electrons. The summed E-state index contributed by atoms with van der Waals surface area (Å²) >= 11 is 0. The molecule has 1 aromatic rings. The van der Waals surface area contributed by atoms with E-state index in [1.54, 1.807) is 0 Å². The van der Waals surface area contributed by atoms with Gasteiger partial charge in [-0.3, -0.25) is 0 Å². The second-order valence-electron chi connectivity index (χ2n) is 4.09. The van der Waals surface area contributed by atoms with Gasteiger partial charge >= 0.3 is 6.18 Å². The molecule has 96 valence electrons. The Labute approximate surface area is 99.4 Å². The molecule has 1 rings (SSSR count). The maximum Gasteiger partial charge on any atom is 0.389 e. The normalized spacial score (nSPS) is 11.4. The zero-order chi connectivity index (χ0) is 12.9. The molecule has 0 spiro atoms. The maximum absolute atomic E-state index is 11.9. The Bertz CT molecular complexity index is 348. The molecule has 0 atom stereocenters. The van der Waals surface area contributed by atoms with Gasteiger partial charge in [0.1, 0.15) is 0 Å². The Balaban J connectivity index is 2.39. The second kappa shape index (κ2) is 5.80. The van der Waals surface area contributed by atoms with Crippen LogP contribution in [0.25, 0.3) is 0 Å². The third-order valence-electron chi connectivity index (χ3n) is 2.33. The quantitative estimate of drug-likeness (QED) is 0.800. The van der Waals surface area contributed by atoms with Crippen LogP contribution in [-0.2, 0) is 0 Å². The van der Waals surface area contributed by atoms with E-state index in [0.717, 1.165) is 11.4 Å². The van der Waals surface area contributed by atoms with Crippen molar-refractivity contribution in [1.29, 1.82) is 0 Å². The van der Waals surface area contributed by atoms with Crippen molar-refractivity contribution in [3.8, 4) is 0 Å². The summed E-state index contributed by atoms with van der Waals surface area (Å²) in [5.41, 5.74) is 1.86. The lowest BCUT2D eigenvalue weighted by molar-refractivity contribution is -0.134. The number of hydrogen-bond donors (Lipinski definition) is 1. The lowest BCUT2D eigenvalue weighted by atomic mass is 10.2. The zero-order valence-electron chi connectivity index (χ0n) is 10.0. The third-order valence-corrected chi connectivity index (χ3v) is 2.33. The van der Waals surface area contributed by atoms with Crippen LogP contribution in [0.3, 0.4) is 0 Å². The first-order valence-corrected chi connectivity index (χ1v) is 5.46. The van der Waals surface area contributed by atoms with Gasteiger partial charge in [0.25, 0.3) is 0 Å². The summed E-state index contributed by atoms with van der Waals surface area (Å²) in [7, 11) is 3.84. The highest BCUT2D eigenvalue weighted by atomic mass is 19.4. The largest absolute Gasteiger partial charge is 0.389 e. The molecule has 0 heterocycles. The molecule has 1 N–H and O–H groups in total. The van der Waals surface area contributed by atoms with Gasteiger partial charge in [0.15, 0.2) is 0 Å². The van der Waals surface area contributed by atoms with Crippen molar-refractivity contribution in [2.45, 2.75) is 19.0 Å². The van der Waals surface area contributed by atoms with Gasteiger partial charge in [0, 0.05) is 38.4 Å². The summed E-state index contributed by atoms with van der Waals surface area (Å²) in [5, 5.41) is 2.99. The maximum atomic E-state index is 11.9. The third kappa shape index (κ3) is 5.47.